The molecule has 1 amide bonds. The number of hydrogen-bond donors (Lipinski definition) is 1. The summed E-state index contributed by atoms with van der Waals surface area (Å²) < 4.78 is 44.3. The molecule has 0 radical (unpaired) electrons. The number of halogens is 1. The van der Waals surface area contributed by atoms with Crippen molar-refractivity contribution in [2.45, 2.75) is 30.7 Å². The van der Waals surface area contributed by atoms with Gasteiger partial charge >= 0.3 is 0 Å². The predicted octanol–water partition coefficient (Wildman–Crippen LogP) is 4.05. The van der Waals surface area contributed by atoms with Gasteiger partial charge in [-0.25, -0.2) is 17.8 Å². The number of aryl methyl sites for hydroxylation is 2. The summed E-state index contributed by atoms with van der Waals surface area (Å²) in [5.41, 5.74) is 2.93. The SMILES string of the molecule is Cc1nn(C)cc1-c1ccc2cnc(NC(=O)c3ccc(F)c(S(=O)(=O)N4CCC(N(C)C)CC4)c3)cc2c1. The number of amides is 1. The quantitative estimate of drug-likeness (QED) is 0.389. The number of pyridine rings is 1. The number of rotatable bonds is 6. The van der Waals surface area contributed by atoms with E-state index in [1.165, 1.54) is 10.4 Å². The molecule has 0 aliphatic carbocycles. The molecule has 5 rings (SSSR count). The van der Waals surface area contributed by atoms with E-state index < -0.39 is 26.6 Å². The lowest BCUT2D eigenvalue weighted by atomic mass is 10.0. The predicted molar refractivity (Wildman–Crippen MR) is 149 cm³/mol. The second kappa shape index (κ2) is 10.5. The largest absolute Gasteiger partial charge is 0.307 e. The normalized spacial score (nSPS) is 15.2. The van der Waals surface area contributed by atoms with Crippen LogP contribution >= 0.6 is 0 Å². The lowest BCUT2D eigenvalue weighted by molar-refractivity contribution is 0.102. The minimum absolute atomic E-state index is 0.0276. The average molecular weight is 551 g/mol. The minimum Gasteiger partial charge on any atom is -0.307 e. The summed E-state index contributed by atoms with van der Waals surface area (Å²) in [6.07, 6.45) is 4.92. The molecule has 1 aliphatic rings. The Morgan fingerprint density at radius 3 is 2.49 bits per heavy atom. The summed E-state index contributed by atoms with van der Waals surface area (Å²) in [6, 6.07) is 11.4. The maximum Gasteiger partial charge on any atom is 0.256 e. The molecule has 204 valence electrons. The van der Waals surface area contributed by atoms with E-state index in [2.05, 4.69) is 20.3 Å². The van der Waals surface area contributed by atoms with Crippen LogP contribution in [-0.4, -0.2) is 71.5 Å². The Balaban J connectivity index is 1.37. The number of fused-ring (bicyclic) bond motifs is 1. The molecule has 1 N–H and O–H groups in total. The summed E-state index contributed by atoms with van der Waals surface area (Å²) >= 11 is 0. The van der Waals surface area contributed by atoms with E-state index in [4.69, 9.17) is 0 Å². The smallest absolute Gasteiger partial charge is 0.256 e. The number of carbonyl (C=O) groups is 1. The third-order valence-corrected chi connectivity index (χ3v) is 9.17. The molecule has 0 spiro atoms. The monoisotopic (exact) mass is 550 g/mol. The number of carbonyl (C=O) groups excluding carboxylic acids is 1. The number of sulfonamides is 1. The summed E-state index contributed by atoms with van der Waals surface area (Å²) in [4.78, 5) is 19.0. The molecule has 0 bridgehead atoms. The Morgan fingerprint density at radius 2 is 1.82 bits per heavy atom. The summed E-state index contributed by atoms with van der Waals surface area (Å²) in [5.74, 6) is -1.17. The summed E-state index contributed by atoms with van der Waals surface area (Å²) in [6.45, 7) is 2.53. The van der Waals surface area contributed by atoms with Crippen LogP contribution in [0.3, 0.4) is 0 Å². The zero-order valence-electron chi connectivity index (χ0n) is 22.3. The molecule has 1 saturated heterocycles. The first-order chi connectivity index (χ1) is 18.5. The molecule has 0 unspecified atom stereocenters. The number of aromatic nitrogens is 3. The van der Waals surface area contributed by atoms with Crippen molar-refractivity contribution in [2.75, 3.05) is 32.5 Å². The van der Waals surface area contributed by atoms with Crippen LogP contribution in [0.2, 0.25) is 0 Å². The molecule has 0 saturated carbocycles. The van der Waals surface area contributed by atoms with Gasteiger partial charge in [0, 0.05) is 55.1 Å². The van der Waals surface area contributed by atoms with Gasteiger partial charge in [0.2, 0.25) is 10.0 Å². The van der Waals surface area contributed by atoms with Crippen molar-refractivity contribution < 1.29 is 17.6 Å². The van der Waals surface area contributed by atoms with Gasteiger partial charge in [-0.2, -0.15) is 9.40 Å². The highest BCUT2D eigenvalue weighted by atomic mass is 32.2. The molecule has 39 heavy (non-hydrogen) atoms. The van der Waals surface area contributed by atoms with Crippen LogP contribution in [0.1, 0.15) is 28.9 Å². The van der Waals surface area contributed by atoms with Gasteiger partial charge in [-0.3, -0.25) is 9.48 Å². The first-order valence-electron chi connectivity index (χ1n) is 12.7. The molecule has 2 aromatic carbocycles. The number of piperidine rings is 1. The van der Waals surface area contributed by atoms with Crippen LogP contribution in [0.25, 0.3) is 21.9 Å². The van der Waals surface area contributed by atoms with Crippen LogP contribution in [-0.2, 0) is 17.1 Å². The fraction of sp³-hybridized carbons (Fsp3) is 0.321. The lowest BCUT2D eigenvalue weighted by Crippen LogP contribution is -2.44. The number of benzene rings is 2. The van der Waals surface area contributed by atoms with E-state index in [1.807, 2.05) is 52.5 Å². The number of hydrogen-bond acceptors (Lipinski definition) is 6. The highest BCUT2D eigenvalue weighted by Crippen LogP contribution is 2.28. The van der Waals surface area contributed by atoms with Crippen molar-refractivity contribution in [3.8, 4) is 11.1 Å². The molecule has 9 nitrogen and oxygen atoms in total. The minimum atomic E-state index is -4.10. The van der Waals surface area contributed by atoms with Crippen LogP contribution in [0, 0.1) is 12.7 Å². The van der Waals surface area contributed by atoms with E-state index in [0.717, 1.165) is 39.7 Å². The molecule has 1 fully saturated rings. The highest BCUT2D eigenvalue weighted by Gasteiger charge is 2.32. The molecule has 0 atom stereocenters. The first kappa shape index (κ1) is 26.9. The molecule has 2 aromatic heterocycles. The fourth-order valence-corrected chi connectivity index (χ4v) is 6.59. The second-order valence-electron chi connectivity index (χ2n) is 10.1. The van der Waals surface area contributed by atoms with Crippen LogP contribution in [0.5, 0.6) is 0 Å². The molecule has 4 aromatic rings. The van der Waals surface area contributed by atoms with E-state index in [0.29, 0.717) is 31.7 Å². The summed E-state index contributed by atoms with van der Waals surface area (Å²) in [5, 5.41) is 8.88. The third kappa shape index (κ3) is 5.42. The van der Waals surface area contributed by atoms with Gasteiger partial charge in [-0.1, -0.05) is 12.1 Å². The first-order valence-corrected chi connectivity index (χ1v) is 14.1. The van der Waals surface area contributed by atoms with Gasteiger partial charge in [0.05, 0.1) is 5.69 Å². The Bertz CT molecular complexity index is 1660. The topological polar surface area (TPSA) is 100 Å². The van der Waals surface area contributed by atoms with Gasteiger partial charge in [-0.05, 0) is 75.1 Å². The van der Waals surface area contributed by atoms with Crippen LogP contribution < -0.4 is 5.32 Å². The fourth-order valence-electron chi connectivity index (χ4n) is 5.03. The average Bonchev–Trinajstić information content (AvgIpc) is 3.25. The van der Waals surface area contributed by atoms with Crippen molar-refractivity contribution in [1.82, 2.24) is 24.0 Å². The Kier molecular flexibility index (Phi) is 7.23. The molecular weight excluding hydrogens is 519 g/mol. The van der Waals surface area contributed by atoms with Crippen LogP contribution in [0.4, 0.5) is 10.2 Å². The van der Waals surface area contributed by atoms with Crippen LogP contribution in [0.15, 0.2) is 59.8 Å². The maximum atomic E-state index is 14.7. The van der Waals surface area contributed by atoms with Crippen molar-refractivity contribution in [3.05, 3.63) is 71.9 Å². The van der Waals surface area contributed by atoms with Gasteiger partial charge < -0.3 is 10.2 Å². The molecule has 3 heterocycles. The van der Waals surface area contributed by atoms with Gasteiger partial charge in [0.25, 0.3) is 5.91 Å². The van der Waals surface area contributed by atoms with E-state index in [9.17, 15) is 17.6 Å². The third-order valence-electron chi connectivity index (χ3n) is 7.25. The molecule has 11 heteroatoms. The van der Waals surface area contributed by atoms with Crippen molar-refractivity contribution in [1.29, 1.82) is 0 Å². The molecule has 1 aliphatic heterocycles. The standard InChI is InChI=1S/C28H31FN6O3S/c1-18-24(17-34(4)32-18)19-5-6-21-16-30-27(15-22(21)13-19)31-28(36)20-7-8-25(29)26(14-20)39(37,38)35-11-9-23(10-12-35)33(2)3/h5-8,13-17,23H,9-12H2,1-4H3,(H,30,31,36). The van der Waals surface area contributed by atoms with Crippen molar-refractivity contribution >= 4 is 32.5 Å². The summed E-state index contributed by atoms with van der Waals surface area (Å²) in [7, 11) is 1.69. The Hall–Kier alpha value is -3.67. The van der Waals surface area contributed by atoms with Crippen molar-refractivity contribution in [2.24, 2.45) is 7.05 Å². The Labute approximate surface area is 227 Å². The number of nitrogens with zero attached hydrogens (tertiary/aromatic N) is 5. The second-order valence-corrected chi connectivity index (χ2v) is 12.0. The Morgan fingerprint density at radius 1 is 1.08 bits per heavy atom. The number of nitrogens with one attached hydrogen (secondary N) is 1. The van der Waals surface area contributed by atoms with Gasteiger partial charge in [0.15, 0.2) is 0 Å². The maximum absolute atomic E-state index is 14.7. The van der Waals surface area contributed by atoms with E-state index in [1.54, 1.807) is 16.9 Å². The van der Waals surface area contributed by atoms with Gasteiger partial charge in [0.1, 0.15) is 16.5 Å². The highest BCUT2D eigenvalue weighted by molar-refractivity contribution is 7.89. The van der Waals surface area contributed by atoms with E-state index >= 15 is 0 Å². The molecular formula is C28H31FN6O3S. The lowest BCUT2D eigenvalue weighted by Gasteiger charge is -2.34. The van der Waals surface area contributed by atoms with E-state index in [-0.39, 0.29) is 11.6 Å². The zero-order chi connectivity index (χ0) is 27.9. The van der Waals surface area contributed by atoms with Gasteiger partial charge in [-0.15, -0.1) is 0 Å². The zero-order valence-corrected chi connectivity index (χ0v) is 23.2. The number of anilines is 1. The van der Waals surface area contributed by atoms with Crippen molar-refractivity contribution in [3.63, 3.8) is 0 Å².